The number of Topliss-reactive ketones (excluding diaryl/α,β-unsaturated/α-hetero) is 8. The Bertz CT molecular complexity index is 3700. The molecule has 0 radical (unpaired) electrons. The van der Waals surface area contributed by atoms with E-state index in [4.69, 9.17) is 52.5 Å². The first-order chi connectivity index (χ1) is 67.6. The van der Waals surface area contributed by atoms with Crippen molar-refractivity contribution in [3.63, 3.8) is 0 Å². The number of ketones is 8. The molecule has 864 valence electrons. The van der Waals surface area contributed by atoms with Gasteiger partial charge < -0.3 is 131 Å². The predicted molar refractivity (Wildman–Crippen MR) is 568 cm³/mol. The summed E-state index contributed by atoms with van der Waals surface area (Å²) in [6.07, 6.45) is -9.58. The van der Waals surface area contributed by atoms with E-state index >= 15 is 0 Å². The first-order valence-electron chi connectivity index (χ1n) is 53.0. The molecule has 0 aromatic heterocycles. The number of carbonyl (C=O) groups excluding carboxylic acids is 12. The molecule has 1 saturated heterocycles. The van der Waals surface area contributed by atoms with Gasteiger partial charge in [0, 0.05) is 166 Å². The molecule has 0 bridgehead atoms. The number of amides is 4. The fraction of sp³-hybridized carbons (Fsp3) is 0.890. The van der Waals surface area contributed by atoms with Crippen LogP contribution < -0.4 is 42.5 Å². The van der Waals surface area contributed by atoms with Crippen LogP contribution in [0.3, 0.4) is 0 Å². The normalized spacial score (nSPS) is 18.1. The SMILES string of the molecule is CC(C)[C@H](NC(C)(C)C)C(=O)C[C@@H](CCC(=O)NC[C@H](O)[C@@H](O)[C@H](O)[C@H](O)CO)C(=O)C(C)(C)C.COCCOCCOCCOCCC(=O)NCCCC[C@H](CC(=O)[C@@H](NC(C)(C)C)C(C)C)C(=O)C(C)(C)C.COCCOCCOCCOCCNC(=O)CC[C@H](CC(=O)[C@@H](NC(C)(C)C)C(C)C)C(=O)C(C)(C)C.CO[C@@H]1O[C@H](CNC(=O)CC[C@H](CC(=O)[C@@H](NC(C)(C)C)C(C)C)C(=O)C(C)(C)C)[C@@H](O)[C@H](O)[C@H]1O. The van der Waals surface area contributed by atoms with Crippen LogP contribution in [-0.2, 0) is 105 Å². The van der Waals surface area contributed by atoms with Crippen molar-refractivity contribution in [1.29, 1.82) is 0 Å². The van der Waals surface area contributed by atoms with Gasteiger partial charge in [0.25, 0.3) is 0 Å². The van der Waals surface area contributed by atoms with Crippen molar-refractivity contribution in [3.8, 4) is 0 Å². The van der Waals surface area contributed by atoms with Gasteiger partial charge in [-0.25, -0.2) is 0 Å². The quantitative estimate of drug-likeness (QED) is 0.0256. The maximum atomic E-state index is 13.2. The monoisotopic (exact) mass is 2110 g/mol. The van der Waals surface area contributed by atoms with Gasteiger partial charge in [-0.05, 0) is 139 Å². The van der Waals surface area contributed by atoms with Gasteiger partial charge >= 0.3 is 0 Å². The third-order valence-electron chi connectivity index (χ3n) is 23.7. The van der Waals surface area contributed by atoms with E-state index in [1.54, 1.807) is 55.8 Å². The standard InChI is InChI=1S/C30H58N2O7.C28H54N2O7.C26H48N2O8.C25H48N2O8/c1-23(2)27(32-30(6,7)8)25(33)22-24(28(35)29(3,4)5)12-10-11-14-31-26(34)13-15-37-18-19-39-21-20-38-17-16-36-9;1-21(2)25(30-28(6,7)8)23(31)20-22(26(33)27(3,4)5)10-11-24(32)29-12-13-35-16-17-37-19-18-36-15-14-34-9;1-14(2)19(28-26(6,7)8)16(29)12-15(23(34)25(3,4)5)10-11-18(30)27-13-17-20(31)21(32)22(33)24(35-9)36-17;1-14(2)20(27-25(6,7)8)16(29)11-15(23(35)24(3,4)5)9-10-19(32)26-12-17(30)21(33)22(34)18(31)13-28/h23-24,27,32H,10-22H2,1-9H3,(H,31,34);21-22,25,30H,10-20H2,1-9H3,(H,29,32);14-15,17,19-22,24,28,31-33H,10-13H2,1-9H3,(H,27,30);14-15,17-18,20-22,27-28,30-31,33-34H,9-13H2,1-8H3,(H,26,32)/t24-,27+;22-,25+;15-,17-,19+,20-,21+,22-,24-;15-,17+,18-,20+,21-,22-/m1111/s1. The average Bonchev–Trinajstić information content (AvgIpc) is 0.810. The minimum atomic E-state index is -1.79. The van der Waals surface area contributed by atoms with Crippen molar-refractivity contribution in [2.45, 2.75) is 413 Å². The van der Waals surface area contributed by atoms with E-state index in [1.165, 1.54) is 7.11 Å². The zero-order valence-electron chi connectivity index (χ0n) is 97.0. The summed E-state index contributed by atoms with van der Waals surface area (Å²) in [6.45, 7) is 68.2. The molecule has 1 rings (SSSR count). The van der Waals surface area contributed by atoms with Crippen LogP contribution in [0.25, 0.3) is 0 Å². The summed E-state index contributed by atoms with van der Waals surface area (Å²) < 4.78 is 52.5. The smallest absolute Gasteiger partial charge is 0.222 e. The minimum absolute atomic E-state index is 0.000507. The first-order valence-corrected chi connectivity index (χ1v) is 53.0. The first kappa shape index (κ1) is 145. The molecule has 0 aliphatic carbocycles. The van der Waals surface area contributed by atoms with E-state index in [2.05, 4.69) is 42.5 Å². The topological polar surface area (TPSA) is 555 Å². The molecule has 1 heterocycles. The number of ether oxygens (including phenoxy) is 10. The molecular formula is C109H208N8O30. The zero-order valence-corrected chi connectivity index (χ0v) is 97.0. The number of rotatable bonds is 71. The predicted octanol–water partition coefficient (Wildman–Crippen LogP) is 8.01. The Balaban J connectivity index is -0.00000188. The van der Waals surface area contributed by atoms with Crippen molar-refractivity contribution in [2.24, 2.45) is 69.0 Å². The van der Waals surface area contributed by atoms with Gasteiger partial charge in [-0.2, -0.15) is 0 Å². The van der Waals surface area contributed by atoms with Crippen molar-refractivity contribution in [3.05, 3.63) is 0 Å². The maximum Gasteiger partial charge on any atom is 0.222 e. The number of unbranched alkanes of at least 4 members (excludes halogenated alkanes) is 1. The largest absolute Gasteiger partial charge is 0.394 e. The fourth-order valence-corrected chi connectivity index (χ4v) is 15.8. The Morgan fingerprint density at radius 3 is 0.878 bits per heavy atom. The highest BCUT2D eigenvalue weighted by molar-refractivity contribution is 5.96. The maximum absolute atomic E-state index is 13.2. The van der Waals surface area contributed by atoms with Crippen molar-refractivity contribution >= 4 is 69.9 Å². The summed E-state index contributed by atoms with van der Waals surface area (Å²) in [5.74, 6) is -2.97. The lowest BCUT2D eigenvalue weighted by atomic mass is 9.77. The molecule has 1 aliphatic rings. The number of hydrogen-bond donors (Lipinski definition) is 16. The van der Waals surface area contributed by atoms with Crippen molar-refractivity contribution in [1.82, 2.24) is 42.5 Å². The molecule has 1 aliphatic heterocycles. The third kappa shape index (κ3) is 68.3. The van der Waals surface area contributed by atoms with Gasteiger partial charge in [0.1, 0.15) is 65.9 Å². The molecule has 147 heavy (non-hydrogen) atoms. The van der Waals surface area contributed by atoms with E-state index < -0.39 is 126 Å². The Labute approximate surface area is 882 Å². The number of aliphatic hydroxyl groups is 8. The molecule has 1 fully saturated rings. The van der Waals surface area contributed by atoms with E-state index in [-0.39, 0.29) is 199 Å². The highest BCUT2D eigenvalue weighted by Crippen LogP contribution is 2.33. The van der Waals surface area contributed by atoms with E-state index in [0.29, 0.717) is 118 Å². The van der Waals surface area contributed by atoms with Crippen LogP contribution in [0.5, 0.6) is 0 Å². The molecule has 0 aromatic carbocycles. The molecule has 0 aromatic rings. The van der Waals surface area contributed by atoms with Gasteiger partial charge in [-0.1, -0.05) is 145 Å². The third-order valence-corrected chi connectivity index (χ3v) is 23.7. The second kappa shape index (κ2) is 73.7. The Hall–Kier alpha value is -5.64. The molecule has 4 amide bonds. The van der Waals surface area contributed by atoms with Crippen LogP contribution in [0.4, 0.5) is 0 Å². The van der Waals surface area contributed by atoms with Gasteiger partial charge in [0.05, 0.1) is 129 Å². The summed E-state index contributed by atoms with van der Waals surface area (Å²) in [7, 11) is 4.55. The Morgan fingerprint density at radius 2 is 0.585 bits per heavy atom. The molecule has 38 nitrogen and oxygen atoms in total. The summed E-state index contributed by atoms with van der Waals surface area (Å²) in [5, 5.41) is 102. The molecular weight excluding hydrogens is 1900 g/mol. The van der Waals surface area contributed by atoms with Crippen LogP contribution in [0.15, 0.2) is 0 Å². The molecule has 0 spiro atoms. The second-order valence-electron chi connectivity index (χ2n) is 48.3. The molecule has 38 heteroatoms. The number of carbonyl (C=O) groups is 12. The number of nitrogens with one attached hydrogen (secondary N) is 8. The number of methoxy groups -OCH3 is 3. The van der Waals surface area contributed by atoms with Gasteiger partial charge in [-0.3, -0.25) is 57.5 Å². The lowest BCUT2D eigenvalue weighted by Crippen LogP contribution is -2.60. The lowest BCUT2D eigenvalue weighted by Gasteiger charge is -2.39. The average molecular weight is 2110 g/mol. The van der Waals surface area contributed by atoms with E-state index in [9.17, 15) is 93.3 Å². The van der Waals surface area contributed by atoms with Crippen molar-refractivity contribution in [2.75, 3.05) is 147 Å². The fourth-order valence-electron chi connectivity index (χ4n) is 15.8. The Morgan fingerprint density at radius 1 is 0.313 bits per heavy atom. The van der Waals surface area contributed by atoms with Crippen LogP contribution in [0, 0.1) is 69.0 Å². The zero-order chi connectivity index (χ0) is 114. The van der Waals surface area contributed by atoms with Crippen LogP contribution in [-0.4, -0.2) is 359 Å². The summed E-state index contributed by atoms with van der Waals surface area (Å²) in [6, 6.07) is -1.46. The second-order valence-corrected chi connectivity index (χ2v) is 48.3. The van der Waals surface area contributed by atoms with Gasteiger partial charge in [0.2, 0.25) is 23.6 Å². The Kier molecular flexibility index (Phi) is 72.9. The summed E-state index contributed by atoms with van der Waals surface area (Å²) in [5.41, 5.74) is -3.43. The van der Waals surface area contributed by atoms with Crippen LogP contribution in [0.2, 0.25) is 0 Å². The molecule has 17 atom stereocenters. The molecule has 0 unspecified atom stereocenters. The number of hydrogen-bond acceptors (Lipinski definition) is 34. The van der Waals surface area contributed by atoms with E-state index in [0.717, 1.165) is 12.8 Å². The van der Waals surface area contributed by atoms with E-state index in [1.807, 2.05) is 180 Å². The molecule has 16 N–H and O–H groups in total. The molecule has 0 saturated carbocycles. The van der Waals surface area contributed by atoms with Gasteiger partial charge in [0.15, 0.2) is 29.4 Å². The minimum Gasteiger partial charge on any atom is -0.394 e. The number of aliphatic hydroxyl groups excluding tert-OH is 8. The van der Waals surface area contributed by atoms with Gasteiger partial charge in [-0.15, -0.1) is 0 Å². The highest BCUT2D eigenvalue weighted by atomic mass is 16.7. The lowest BCUT2D eigenvalue weighted by molar-refractivity contribution is -0.288. The van der Waals surface area contributed by atoms with Crippen molar-refractivity contribution < 1.29 is 146 Å². The van der Waals surface area contributed by atoms with Crippen LogP contribution in [0.1, 0.15) is 311 Å². The summed E-state index contributed by atoms with van der Waals surface area (Å²) in [4.78, 5) is 155. The highest BCUT2D eigenvalue weighted by Gasteiger charge is 2.46. The summed E-state index contributed by atoms with van der Waals surface area (Å²) >= 11 is 0. The van der Waals surface area contributed by atoms with Crippen LogP contribution >= 0.6 is 0 Å².